The maximum atomic E-state index is 15.3. The number of nitrogen functional groups attached to an aromatic ring is 1. The molecule has 0 unspecified atom stereocenters. The molecule has 2 aromatic rings. The van der Waals surface area contributed by atoms with Crippen LogP contribution in [0, 0.1) is 19.7 Å². The van der Waals surface area contributed by atoms with Gasteiger partial charge in [-0.2, -0.15) is 0 Å². The van der Waals surface area contributed by atoms with E-state index in [4.69, 9.17) is 5.73 Å². The Morgan fingerprint density at radius 2 is 1.88 bits per heavy atom. The Balaban J connectivity index is 1.71. The Labute approximate surface area is 190 Å². The molecule has 2 aliphatic carbocycles. The van der Waals surface area contributed by atoms with Gasteiger partial charge in [0.05, 0.1) is 11.4 Å². The fourth-order valence-corrected chi connectivity index (χ4v) is 5.00. The topological polar surface area (TPSA) is 38.9 Å². The Kier molecular flexibility index (Phi) is 6.50. The molecular formula is C28H34F2N2. The predicted octanol–water partition coefficient (Wildman–Crippen LogP) is 7.87. The minimum atomic E-state index is -1.11. The lowest BCUT2D eigenvalue weighted by Crippen LogP contribution is -2.25. The molecule has 0 spiro atoms. The second-order valence-electron chi connectivity index (χ2n) is 9.66. The Bertz CT molecular complexity index is 1080. The van der Waals surface area contributed by atoms with Crippen LogP contribution < -0.4 is 5.73 Å². The lowest BCUT2D eigenvalue weighted by Gasteiger charge is -2.29. The zero-order valence-electron chi connectivity index (χ0n) is 19.5. The van der Waals surface area contributed by atoms with Gasteiger partial charge < -0.3 is 5.73 Å². The highest BCUT2D eigenvalue weighted by Crippen LogP contribution is 2.39. The number of hydrogen-bond donors (Lipinski definition) is 1. The molecule has 1 heterocycles. The zero-order valence-corrected chi connectivity index (χ0v) is 19.5. The number of aryl methyl sites for hydroxylation is 1. The van der Waals surface area contributed by atoms with E-state index in [9.17, 15) is 0 Å². The third-order valence-electron chi connectivity index (χ3n) is 7.42. The first kappa shape index (κ1) is 22.7. The quantitative estimate of drug-likeness (QED) is 0.500. The number of pyridine rings is 1. The summed E-state index contributed by atoms with van der Waals surface area (Å²) in [5, 5.41) is 0. The van der Waals surface area contributed by atoms with Crippen LogP contribution in [0.15, 0.2) is 36.0 Å². The van der Waals surface area contributed by atoms with E-state index in [2.05, 4.69) is 11.9 Å². The van der Waals surface area contributed by atoms with Crippen LogP contribution in [0.5, 0.6) is 0 Å². The van der Waals surface area contributed by atoms with Gasteiger partial charge in [0.25, 0.3) is 0 Å². The molecule has 170 valence electrons. The molecular weight excluding hydrogens is 402 g/mol. The van der Waals surface area contributed by atoms with Gasteiger partial charge in [-0.1, -0.05) is 43.0 Å². The summed E-state index contributed by atoms with van der Waals surface area (Å²) in [6.07, 6.45) is 11.2. The molecule has 0 saturated heterocycles. The maximum absolute atomic E-state index is 15.3. The van der Waals surface area contributed by atoms with Gasteiger partial charge in [-0.15, -0.1) is 0 Å². The van der Waals surface area contributed by atoms with Crippen molar-refractivity contribution in [3.8, 4) is 0 Å². The van der Waals surface area contributed by atoms with Gasteiger partial charge in [0.2, 0.25) is 0 Å². The van der Waals surface area contributed by atoms with E-state index in [1.165, 1.54) is 11.1 Å². The molecule has 0 aliphatic heterocycles. The highest BCUT2D eigenvalue weighted by Gasteiger charge is 2.30. The summed E-state index contributed by atoms with van der Waals surface area (Å²) < 4.78 is 30.5. The molecule has 1 aromatic heterocycles. The van der Waals surface area contributed by atoms with E-state index in [1.807, 2.05) is 31.3 Å². The number of alkyl halides is 1. The van der Waals surface area contributed by atoms with Crippen LogP contribution >= 0.6 is 0 Å². The summed E-state index contributed by atoms with van der Waals surface area (Å²) in [7, 11) is 0. The average Bonchev–Trinajstić information content (AvgIpc) is 2.76. The van der Waals surface area contributed by atoms with Crippen molar-refractivity contribution in [3.05, 3.63) is 69.8 Å². The van der Waals surface area contributed by atoms with E-state index in [0.717, 1.165) is 43.2 Å². The average molecular weight is 437 g/mol. The van der Waals surface area contributed by atoms with Gasteiger partial charge in [-0.05, 0) is 87.6 Å². The van der Waals surface area contributed by atoms with Gasteiger partial charge in [-0.3, -0.25) is 4.98 Å². The second kappa shape index (κ2) is 9.17. The smallest absolute Gasteiger partial charge is 0.134 e. The third-order valence-corrected chi connectivity index (χ3v) is 7.42. The fourth-order valence-electron chi connectivity index (χ4n) is 5.00. The van der Waals surface area contributed by atoms with Crippen LogP contribution in [-0.4, -0.2) is 10.7 Å². The minimum Gasteiger partial charge on any atom is -0.397 e. The first-order valence-corrected chi connectivity index (χ1v) is 11.9. The van der Waals surface area contributed by atoms with E-state index in [1.54, 1.807) is 13.0 Å². The van der Waals surface area contributed by atoms with Crippen molar-refractivity contribution in [1.82, 2.24) is 4.98 Å². The number of nitrogens with two attached hydrogens (primary N) is 1. The van der Waals surface area contributed by atoms with Crippen LogP contribution in [-0.2, 0) is 0 Å². The molecule has 4 heteroatoms. The number of anilines is 1. The van der Waals surface area contributed by atoms with Crippen molar-refractivity contribution in [2.24, 2.45) is 0 Å². The fraction of sp³-hybridized carbons (Fsp3) is 0.464. The summed E-state index contributed by atoms with van der Waals surface area (Å²) >= 11 is 0. The van der Waals surface area contributed by atoms with Crippen molar-refractivity contribution in [3.63, 3.8) is 0 Å². The summed E-state index contributed by atoms with van der Waals surface area (Å²) in [6, 6.07) is 5.67. The Morgan fingerprint density at radius 3 is 2.50 bits per heavy atom. The standard InChI is InChI=1S/C28H34F2N2/c1-18-9-12-23(26(29)20(18)3)24(8-7-15-28(30)13-5-4-6-14-28)27-25(31)16-21(17-32-27)22-11-10-19(22)2/h8-9,12,16-17H,4-7,10-11,13-15,31H2,1-3H3/b24-8-. The van der Waals surface area contributed by atoms with Gasteiger partial charge in [0.1, 0.15) is 11.5 Å². The van der Waals surface area contributed by atoms with Gasteiger partial charge in [0.15, 0.2) is 0 Å². The molecule has 0 bridgehead atoms. The van der Waals surface area contributed by atoms with Gasteiger partial charge in [-0.25, -0.2) is 8.78 Å². The van der Waals surface area contributed by atoms with E-state index in [0.29, 0.717) is 53.8 Å². The first-order valence-electron chi connectivity index (χ1n) is 11.9. The normalized spacial score (nSPS) is 18.6. The number of rotatable bonds is 6. The minimum absolute atomic E-state index is 0.258. The largest absolute Gasteiger partial charge is 0.397 e. The predicted molar refractivity (Wildman–Crippen MR) is 130 cm³/mol. The summed E-state index contributed by atoms with van der Waals surface area (Å²) in [4.78, 5) is 4.68. The first-order chi connectivity index (χ1) is 15.3. The molecule has 0 amide bonds. The van der Waals surface area contributed by atoms with Gasteiger partial charge >= 0.3 is 0 Å². The lowest BCUT2D eigenvalue weighted by atomic mass is 9.82. The molecule has 1 aromatic carbocycles. The maximum Gasteiger partial charge on any atom is 0.134 e. The van der Waals surface area contributed by atoms with Crippen LogP contribution in [0.1, 0.15) is 92.7 Å². The molecule has 1 saturated carbocycles. The second-order valence-corrected chi connectivity index (χ2v) is 9.66. The monoisotopic (exact) mass is 436 g/mol. The Hall–Kier alpha value is -2.49. The van der Waals surface area contributed by atoms with Crippen molar-refractivity contribution in [2.75, 3.05) is 5.73 Å². The molecule has 2 aliphatic rings. The zero-order chi connectivity index (χ0) is 22.9. The van der Waals surface area contributed by atoms with Crippen molar-refractivity contribution < 1.29 is 8.78 Å². The SMILES string of the molecule is CC1=C(c2cnc(/C(=C\CCC3(F)CCCCC3)c3ccc(C)c(C)c3F)c(N)c2)CC1. The molecule has 2 nitrogen and oxygen atoms in total. The number of halogens is 2. The number of aromatic nitrogens is 1. The van der Waals surface area contributed by atoms with Crippen LogP contribution in [0.25, 0.3) is 11.1 Å². The Morgan fingerprint density at radius 1 is 1.12 bits per heavy atom. The van der Waals surface area contributed by atoms with E-state index >= 15 is 8.78 Å². The molecule has 0 atom stereocenters. The number of hydrogen-bond acceptors (Lipinski definition) is 2. The van der Waals surface area contributed by atoms with E-state index in [-0.39, 0.29) is 5.82 Å². The number of benzene rings is 1. The van der Waals surface area contributed by atoms with Crippen LogP contribution in [0.3, 0.4) is 0 Å². The number of nitrogens with zero attached hydrogens (tertiary/aromatic N) is 1. The highest BCUT2D eigenvalue weighted by molar-refractivity contribution is 5.85. The van der Waals surface area contributed by atoms with Crippen molar-refractivity contribution in [2.45, 2.75) is 84.2 Å². The highest BCUT2D eigenvalue weighted by atomic mass is 19.1. The molecule has 4 rings (SSSR count). The number of allylic oxidation sites excluding steroid dienone is 3. The third kappa shape index (κ3) is 4.51. The van der Waals surface area contributed by atoms with Crippen molar-refractivity contribution in [1.29, 1.82) is 0 Å². The van der Waals surface area contributed by atoms with Crippen LogP contribution in [0.2, 0.25) is 0 Å². The molecule has 1 fully saturated rings. The molecule has 32 heavy (non-hydrogen) atoms. The summed E-state index contributed by atoms with van der Waals surface area (Å²) in [5.41, 5.74) is 12.8. The molecule has 2 N–H and O–H groups in total. The molecule has 0 radical (unpaired) electrons. The van der Waals surface area contributed by atoms with Crippen molar-refractivity contribution >= 4 is 16.8 Å². The van der Waals surface area contributed by atoms with Gasteiger partial charge in [0, 0.05) is 17.3 Å². The van der Waals surface area contributed by atoms with E-state index < -0.39 is 5.67 Å². The summed E-state index contributed by atoms with van der Waals surface area (Å²) in [6.45, 7) is 5.82. The lowest BCUT2D eigenvalue weighted by molar-refractivity contribution is 0.0976. The summed E-state index contributed by atoms with van der Waals surface area (Å²) in [5.74, 6) is -0.258. The van der Waals surface area contributed by atoms with Crippen LogP contribution in [0.4, 0.5) is 14.5 Å².